The van der Waals surface area contributed by atoms with Crippen molar-refractivity contribution < 1.29 is 4.39 Å². The van der Waals surface area contributed by atoms with E-state index in [1.165, 1.54) is 5.56 Å². The number of benzene rings is 1. The van der Waals surface area contributed by atoms with E-state index in [4.69, 9.17) is 5.73 Å². The summed E-state index contributed by atoms with van der Waals surface area (Å²) in [4.78, 5) is 0. The van der Waals surface area contributed by atoms with Crippen molar-refractivity contribution in [3.8, 4) is 0 Å². The van der Waals surface area contributed by atoms with Crippen LogP contribution in [0.3, 0.4) is 0 Å². The molecule has 0 heterocycles. The van der Waals surface area contributed by atoms with Crippen LogP contribution in [-0.4, -0.2) is 6.04 Å². The largest absolute Gasteiger partial charge is 0.328 e. The molecule has 0 unspecified atom stereocenters. The van der Waals surface area contributed by atoms with Gasteiger partial charge >= 0.3 is 0 Å². The molecule has 2 rings (SSSR count). The van der Waals surface area contributed by atoms with E-state index in [-0.39, 0.29) is 18.2 Å². The highest BCUT2D eigenvalue weighted by atomic mass is 35.5. The highest BCUT2D eigenvalue weighted by Crippen LogP contribution is 2.31. The van der Waals surface area contributed by atoms with Crippen molar-refractivity contribution in [3.05, 3.63) is 35.6 Å². The summed E-state index contributed by atoms with van der Waals surface area (Å²) in [6.45, 7) is 0. The van der Waals surface area contributed by atoms with Gasteiger partial charge in [-0.15, -0.1) is 12.4 Å². The van der Waals surface area contributed by atoms with Gasteiger partial charge < -0.3 is 5.73 Å². The van der Waals surface area contributed by atoms with Crippen molar-refractivity contribution in [1.82, 2.24) is 0 Å². The van der Waals surface area contributed by atoms with E-state index >= 15 is 0 Å². The lowest BCUT2D eigenvalue weighted by molar-refractivity contribution is 0.395. The van der Waals surface area contributed by atoms with Gasteiger partial charge in [0, 0.05) is 6.04 Å². The number of rotatable bonds is 1. The van der Waals surface area contributed by atoms with Gasteiger partial charge in [0.05, 0.1) is 0 Å². The average molecular weight is 230 g/mol. The van der Waals surface area contributed by atoms with Crippen LogP contribution in [0.2, 0.25) is 0 Å². The zero-order valence-electron chi connectivity index (χ0n) is 8.66. The third kappa shape index (κ3) is 3.18. The Morgan fingerprint density at radius 3 is 2.07 bits per heavy atom. The van der Waals surface area contributed by atoms with Gasteiger partial charge in [-0.3, -0.25) is 0 Å². The summed E-state index contributed by atoms with van der Waals surface area (Å²) >= 11 is 0. The van der Waals surface area contributed by atoms with Gasteiger partial charge in [0.15, 0.2) is 0 Å². The molecule has 0 atom stereocenters. The first kappa shape index (κ1) is 12.5. The Labute approximate surface area is 96.3 Å². The average Bonchev–Trinajstić information content (AvgIpc) is 2.21. The van der Waals surface area contributed by atoms with E-state index in [0.29, 0.717) is 12.0 Å². The van der Waals surface area contributed by atoms with Gasteiger partial charge in [-0.1, -0.05) is 12.1 Å². The SMILES string of the molecule is Cl.NC1CCC(c2ccc(F)cc2)CC1. The molecule has 1 aliphatic carbocycles. The summed E-state index contributed by atoms with van der Waals surface area (Å²) in [6, 6.07) is 7.27. The first-order chi connectivity index (χ1) is 6.75. The summed E-state index contributed by atoms with van der Waals surface area (Å²) in [6.07, 6.45) is 4.49. The monoisotopic (exact) mass is 229 g/mol. The molecule has 0 aliphatic heterocycles. The van der Waals surface area contributed by atoms with E-state index in [2.05, 4.69) is 0 Å². The van der Waals surface area contributed by atoms with E-state index < -0.39 is 0 Å². The van der Waals surface area contributed by atoms with E-state index in [9.17, 15) is 4.39 Å². The van der Waals surface area contributed by atoms with Crippen LogP contribution in [0.1, 0.15) is 37.2 Å². The normalized spacial score (nSPS) is 25.7. The molecule has 1 fully saturated rings. The van der Waals surface area contributed by atoms with Crippen LogP contribution in [0.25, 0.3) is 0 Å². The maximum atomic E-state index is 12.7. The smallest absolute Gasteiger partial charge is 0.123 e. The van der Waals surface area contributed by atoms with Crippen molar-refractivity contribution in [2.75, 3.05) is 0 Å². The number of halogens is 2. The Morgan fingerprint density at radius 2 is 1.53 bits per heavy atom. The Kier molecular flexibility index (Phi) is 4.55. The molecule has 1 nitrogen and oxygen atoms in total. The molecular weight excluding hydrogens is 213 g/mol. The van der Waals surface area contributed by atoms with Crippen molar-refractivity contribution >= 4 is 12.4 Å². The molecule has 2 N–H and O–H groups in total. The number of nitrogens with two attached hydrogens (primary N) is 1. The van der Waals surface area contributed by atoms with E-state index in [1.807, 2.05) is 12.1 Å². The van der Waals surface area contributed by atoms with Crippen LogP contribution in [-0.2, 0) is 0 Å². The Balaban J connectivity index is 0.00000112. The van der Waals surface area contributed by atoms with Crippen molar-refractivity contribution in [3.63, 3.8) is 0 Å². The third-order valence-electron chi connectivity index (χ3n) is 3.11. The fraction of sp³-hybridized carbons (Fsp3) is 0.500. The molecule has 0 bridgehead atoms. The van der Waals surface area contributed by atoms with Crippen molar-refractivity contribution in [2.24, 2.45) is 5.73 Å². The maximum Gasteiger partial charge on any atom is 0.123 e. The quantitative estimate of drug-likeness (QED) is 0.786. The Morgan fingerprint density at radius 1 is 1.00 bits per heavy atom. The molecule has 1 aromatic rings. The molecular formula is C12H17ClFN. The van der Waals surface area contributed by atoms with Crippen LogP contribution >= 0.6 is 12.4 Å². The lowest BCUT2D eigenvalue weighted by Gasteiger charge is -2.26. The molecule has 0 amide bonds. The van der Waals surface area contributed by atoms with Gasteiger partial charge in [0.25, 0.3) is 0 Å². The Bertz CT molecular complexity index is 291. The van der Waals surface area contributed by atoms with Gasteiger partial charge in [-0.05, 0) is 49.3 Å². The topological polar surface area (TPSA) is 26.0 Å². The summed E-state index contributed by atoms with van der Waals surface area (Å²) in [5, 5.41) is 0. The van der Waals surface area contributed by atoms with Crippen LogP contribution in [0.15, 0.2) is 24.3 Å². The van der Waals surface area contributed by atoms with E-state index in [0.717, 1.165) is 25.7 Å². The second kappa shape index (κ2) is 5.47. The molecule has 1 saturated carbocycles. The zero-order valence-corrected chi connectivity index (χ0v) is 9.47. The summed E-state index contributed by atoms with van der Waals surface area (Å²) in [5.41, 5.74) is 7.10. The summed E-state index contributed by atoms with van der Waals surface area (Å²) in [5.74, 6) is 0.441. The second-order valence-electron chi connectivity index (χ2n) is 4.16. The number of hydrogen-bond donors (Lipinski definition) is 1. The molecule has 1 aromatic carbocycles. The zero-order chi connectivity index (χ0) is 9.97. The first-order valence-electron chi connectivity index (χ1n) is 5.27. The minimum absolute atomic E-state index is 0. The van der Waals surface area contributed by atoms with E-state index in [1.54, 1.807) is 12.1 Å². The Hall–Kier alpha value is -0.600. The third-order valence-corrected chi connectivity index (χ3v) is 3.11. The highest BCUT2D eigenvalue weighted by Gasteiger charge is 2.19. The summed E-state index contributed by atoms with van der Waals surface area (Å²) < 4.78 is 12.7. The molecule has 0 spiro atoms. The van der Waals surface area contributed by atoms with Gasteiger partial charge in [0.2, 0.25) is 0 Å². The van der Waals surface area contributed by atoms with Crippen LogP contribution in [0.4, 0.5) is 4.39 Å². The van der Waals surface area contributed by atoms with Gasteiger partial charge in [-0.25, -0.2) is 4.39 Å². The minimum atomic E-state index is -0.152. The van der Waals surface area contributed by atoms with Crippen LogP contribution < -0.4 is 5.73 Å². The highest BCUT2D eigenvalue weighted by molar-refractivity contribution is 5.85. The molecule has 0 radical (unpaired) electrons. The number of hydrogen-bond acceptors (Lipinski definition) is 1. The molecule has 0 saturated heterocycles. The van der Waals surface area contributed by atoms with Crippen LogP contribution in [0, 0.1) is 5.82 Å². The lowest BCUT2D eigenvalue weighted by atomic mass is 9.82. The lowest BCUT2D eigenvalue weighted by Crippen LogP contribution is -2.25. The maximum absolute atomic E-state index is 12.7. The summed E-state index contributed by atoms with van der Waals surface area (Å²) in [7, 11) is 0. The molecule has 3 heteroatoms. The second-order valence-corrected chi connectivity index (χ2v) is 4.16. The minimum Gasteiger partial charge on any atom is -0.328 e. The molecule has 1 aliphatic rings. The predicted molar refractivity (Wildman–Crippen MR) is 62.8 cm³/mol. The standard InChI is InChI=1S/C12H16FN.ClH/c13-11-5-1-9(2-6-11)10-3-7-12(14)8-4-10;/h1-2,5-6,10,12H,3-4,7-8,14H2;1H. The predicted octanol–water partition coefficient (Wildman–Crippen LogP) is 3.23. The molecule has 0 aromatic heterocycles. The fourth-order valence-electron chi connectivity index (χ4n) is 2.19. The van der Waals surface area contributed by atoms with Gasteiger partial charge in [-0.2, -0.15) is 0 Å². The van der Waals surface area contributed by atoms with Crippen molar-refractivity contribution in [1.29, 1.82) is 0 Å². The van der Waals surface area contributed by atoms with Crippen LogP contribution in [0.5, 0.6) is 0 Å². The molecule has 15 heavy (non-hydrogen) atoms. The van der Waals surface area contributed by atoms with Gasteiger partial charge in [0.1, 0.15) is 5.82 Å². The fourth-order valence-corrected chi connectivity index (χ4v) is 2.19. The first-order valence-corrected chi connectivity index (χ1v) is 5.27. The van der Waals surface area contributed by atoms with Crippen molar-refractivity contribution in [2.45, 2.75) is 37.6 Å². The molecule has 84 valence electrons.